The Morgan fingerprint density at radius 1 is 0.606 bits per heavy atom. The number of hydrogen-bond donors (Lipinski definition) is 11. The van der Waals surface area contributed by atoms with Gasteiger partial charge in [0.15, 0.2) is 12.6 Å². The van der Waals surface area contributed by atoms with Gasteiger partial charge in [-0.15, -0.1) is 0 Å². The third-order valence-electron chi connectivity index (χ3n) is 12.2. The Bertz CT molecular complexity index is 2110. The molecular formula is C45H56N4O17. The van der Waals surface area contributed by atoms with Crippen molar-refractivity contribution in [2.75, 3.05) is 19.8 Å². The number of alkyl carbamates (subject to hydrolysis) is 2. The average Bonchev–Trinajstić information content (AvgIpc) is 3.62. The Morgan fingerprint density at radius 2 is 1.15 bits per heavy atom. The van der Waals surface area contributed by atoms with Gasteiger partial charge in [-0.05, 0) is 34.2 Å². The molecule has 0 aromatic heterocycles. The molecule has 66 heavy (non-hydrogen) atoms. The van der Waals surface area contributed by atoms with Gasteiger partial charge in [0.1, 0.15) is 74.3 Å². The number of aliphatic hydroxyl groups excluding tert-OH is 7. The van der Waals surface area contributed by atoms with Crippen LogP contribution in [0.25, 0.3) is 11.1 Å². The Hall–Kier alpha value is -5.30. The van der Waals surface area contributed by atoms with Crippen LogP contribution in [-0.4, -0.2) is 171 Å². The van der Waals surface area contributed by atoms with Crippen molar-refractivity contribution in [1.29, 1.82) is 0 Å². The largest absolute Gasteiger partial charge is 0.449 e. The molecule has 358 valence electrons. The standard InChI is InChI=1S/C45H56N4O17/c1-21(51)47-29-16-30(48-22(2)52)41(66-43-38(57)37(56)35(54)31(63-43)17-46-44(59)61-19-23-10-4-3-5-11-23)39(58)40(29)65-42-36(55)33(34(53)32(18-50)64-42)49-45(60)62-20-28-26-14-8-6-12-24(26)25-13-7-9-15-27(25)28/h3-15,28-43,50,53-58H,16-20H2,1-2H3,(H,46,59)(H,47,51)(H,48,52)(H,49,60)/t29-,30?,31?,32?,33-,34-,35-,36?,37?,38+,39?,40-,41-,42-,43-/m1/s1. The quantitative estimate of drug-likeness (QED) is 0.0887. The van der Waals surface area contributed by atoms with E-state index in [0.717, 1.165) is 22.3 Å². The highest BCUT2D eigenvalue weighted by Crippen LogP contribution is 2.44. The van der Waals surface area contributed by atoms with Gasteiger partial charge in [0, 0.05) is 26.3 Å². The number of hydrogen-bond acceptors (Lipinski definition) is 17. The number of benzene rings is 3. The second-order valence-electron chi connectivity index (χ2n) is 16.7. The summed E-state index contributed by atoms with van der Waals surface area (Å²) in [6.07, 6.45) is -22.8. The smallest absolute Gasteiger partial charge is 0.407 e. The summed E-state index contributed by atoms with van der Waals surface area (Å²) in [6.45, 7) is 0.942. The van der Waals surface area contributed by atoms with E-state index in [2.05, 4.69) is 21.3 Å². The van der Waals surface area contributed by atoms with E-state index in [0.29, 0.717) is 5.56 Å². The Balaban J connectivity index is 1.05. The van der Waals surface area contributed by atoms with Crippen LogP contribution in [0.4, 0.5) is 9.59 Å². The minimum Gasteiger partial charge on any atom is -0.449 e. The fourth-order valence-corrected chi connectivity index (χ4v) is 8.97. The fraction of sp³-hybridized carbons (Fsp3) is 0.511. The van der Waals surface area contributed by atoms with E-state index in [-0.39, 0.29) is 25.6 Å². The molecule has 7 rings (SSSR count). The van der Waals surface area contributed by atoms with Crippen LogP contribution in [0.3, 0.4) is 0 Å². The molecule has 4 aliphatic rings. The first kappa shape index (κ1) is 48.6. The monoisotopic (exact) mass is 924 g/mol. The molecule has 3 aromatic carbocycles. The van der Waals surface area contributed by atoms with E-state index >= 15 is 0 Å². The summed E-state index contributed by atoms with van der Waals surface area (Å²) in [5.74, 6) is -1.49. The highest BCUT2D eigenvalue weighted by Gasteiger charge is 2.54. The van der Waals surface area contributed by atoms with Crippen LogP contribution >= 0.6 is 0 Å². The zero-order valence-electron chi connectivity index (χ0n) is 36.0. The molecule has 3 aromatic rings. The minimum absolute atomic E-state index is 0.0689. The van der Waals surface area contributed by atoms with E-state index < -0.39 is 129 Å². The van der Waals surface area contributed by atoms with Crippen molar-refractivity contribution < 1.29 is 83.3 Å². The highest BCUT2D eigenvalue weighted by molar-refractivity contribution is 5.79. The molecule has 15 atom stereocenters. The fourth-order valence-electron chi connectivity index (χ4n) is 8.97. The molecule has 6 unspecified atom stereocenters. The number of carbonyl (C=O) groups excluding carboxylic acids is 4. The first-order valence-electron chi connectivity index (χ1n) is 21.6. The van der Waals surface area contributed by atoms with E-state index in [1.807, 2.05) is 48.5 Å². The Kier molecular flexibility index (Phi) is 15.9. The maximum atomic E-state index is 13.4. The predicted octanol–water partition coefficient (Wildman–Crippen LogP) is -1.39. The number of ether oxygens (including phenoxy) is 6. The minimum atomic E-state index is -1.95. The molecule has 1 saturated carbocycles. The van der Waals surface area contributed by atoms with Gasteiger partial charge in [0.25, 0.3) is 0 Å². The van der Waals surface area contributed by atoms with Gasteiger partial charge >= 0.3 is 12.2 Å². The van der Waals surface area contributed by atoms with Crippen molar-refractivity contribution in [3.05, 3.63) is 95.6 Å². The van der Waals surface area contributed by atoms with Gasteiger partial charge in [-0.1, -0.05) is 78.9 Å². The summed E-state index contributed by atoms with van der Waals surface area (Å²) in [6, 6.07) is 20.3. The van der Waals surface area contributed by atoms with Gasteiger partial charge < -0.3 is 85.4 Å². The lowest BCUT2D eigenvalue weighted by Gasteiger charge is -2.49. The lowest BCUT2D eigenvalue weighted by atomic mass is 9.83. The summed E-state index contributed by atoms with van der Waals surface area (Å²) >= 11 is 0. The normalized spacial score (nSPS) is 32.8. The Labute approximate surface area is 378 Å². The van der Waals surface area contributed by atoms with Crippen molar-refractivity contribution in [3.8, 4) is 11.1 Å². The maximum absolute atomic E-state index is 13.4. The molecule has 2 aliphatic heterocycles. The molecule has 0 radical (unpaired) electrons. The van der Waals surface area contributed by atoms with Gasteiger partial charge in [-0.3, -0.25) is 9.59 Å². The molecule has 2 aliphatic carbocycles. The molecule has 21 nitrogen and oxygen atoms in total. The van der Waals surface area contributed by atoms with E-state index in [9.17, 15) is 54.9 Å². The summed E-state index contributed by atoms with van der Waals surface area (Å²) in [5, 5.41) is 87.8. The van der Waals surface area contributed by atoms with E-state index in [1.165, 1.54) is 13.8 Å². The van der Waals surface area contributed by atoms with Crippen LogP contribution in [-0.2, 0) is 44.6 Å². The van der Waals surface area contributed by atoms with Crippen LogP contribution in [0.2, 0.25) is 0 Å². The van der Waals surface area contributed by atoms with Crippen LogP contribution in [0.1, 0.15) is 42.9 Å². The first-order valence-corrected chi connectivity index (χ1v) is 21.6. The van der Waals surface area contributed by atoms with Crippen molar-refractivity contribution in [3.63, 3.8) is 0 Å². The second-order valence-corrected chi connectivity index (χ2v) is 16.7. The highest BCUT2D eigenvalue weighted by atomic mass is 16.7. The van der Waals surface area contributed by atoms with Crippen LogP contribution in [0, 0.1) is 0 Å². The second kappa shape index (κ2) is 21.6. The van der Waals surface area contributed by atoms with Gasteiger partial charge in [0.05, 0.1) is 24.7 Å². The van der Waals surface area contributed by atoms with Crippen molar-refractivity contribution in [1.82, 2.24) is 21.3 Å². The molecule has 21 heteroatoms. The van der Waals surface area contributed by atoms with Crippen molar-refractivity contribution in [2.45, 2.75) is 125 Å². The number of aliphatic hydroxyl groups is 7. The number of carbonyl (C=O) groups is 4. The van der Waals surface area contributed by atoms with Gasteiger partial charge in [0.2, 0.25) is 11.8 Å². The third kappa shape index (κ3) is 10.9. The lowest BCUT2D eigenvalue weighted by molar-refractivity contribution is -0.334. The summed E-state index contributed by atoms with van der Waals surface area (Å²) < 4.78 is 34.6. The predicted molar refractivity (Wildman–Crippen MR) is 227 cm³/mol. The molecule has 2 heterocycles. The molecule has 2 saturated heterocycles. The number of nitrogens with one attached hydrogen (secondary N) is 4. The summed E-state index contributed by atoms with van der Waals surface area (Å²) in [7, 11) is 0. The lowest BCUT2D eigenvalue weighted by Crippen LogP contribution is -2.70. The molecule has 11 N–H and O–H groups in total. The van der Waals surface area contributed by atoms with E-state index in [1.54, 1.807) is 30.3 Å². The zero-order chi connectivity index (χ0) is 47.2. The van der Waals surface area contributed by atoms with Crippen LogP contribution in [0.5, 0.6) is 0 Å². The van der Waals surface area contributed by atoms with Crippen LogP contribution in [0.15, 0.2) is 78.9 Å². The maximum Gasteiger partial charge on any atom is 0.407 e. The van der Waals surface area contributed by atoms with Crippen molar-refractivity contribution in [2.24, 2.45) is 0 Å². The average molecular weight is 925 g/mol. The molecule has 0 bridgehead atoms. The van der Waals surface area contributed by atoms with Crippen LogP contribution < -0.4 is 21.3 Å². The summed E-state index contributed by atoms with van der Waals surface area (Å²) in [4.78, 5) is 50.8. The Morgan fingerprint density at radius 3 is 1.73 bits per heavy atom. The summed E-state index contributed by atoms with van der Waals surface area (Å²) in [5.41, 5.74) is 4.59. The molecular weight excluding hydrogens is 869 g/mol. The molecule has 4 amide bonds. The SMILES string of the molecule is CC(=O)NC1C[C@@H](NC(C)=O)[C@@H](O[C@H]2OC(CO)[C@@H](O)[C@@H](NC(=O)OCC3c4ccccc4-c4ccccc43)C2O)C(O)[C@@H]1O[C@H]1OC(CNC(=O)OCc2ccccc2)[C@@H](O)C(O)[C@@H]1O. The van der Waals surface area contributed by atoms with E-state index in [4.69, 9.17) is 28.4 Å². The first-order chi connectivity index (χ1) is 31.6. The zero-order valence-corrected chi connectivity index (χ0v) is 36.0. The van der Waals surface area contributed by atoms with Gasteiger partial charge in [-0.25, -0.2) is 9.59 Å². The van der Waals surface area contributed by atoms with Crippen molar-refractivity contribution >= 4 is 24.0 Å². The number of fused-ring (bicyclic) bond motifs is 3. The van der Waals surface area contributed by atoms with Gasteiger partial charge in [-0.2, -0.15) is 0 Å². The molecule has 3 fully saturated rings. The number of rotatable bonds is 14. The molecule has 0 spiro atoms. The third-order valence-corrected chi connectivity index (χ3v) is 12.2. The number of amides is 4. The topological polar surface area (TPSA) is 313 Å².